The number of β-lactam (4-membered cyclic amide) rings is 1. The summed E-state index contributed by atoms with van der Waals surface area (Å²) in [6.45, 7) is 6.91. The molecule has 0 spiro atoms. The maximum Gasteiger partial charge on any atom is 0.256 e. The molecular weight excluding hydrogens is 462 g/mol. The average molecular weight is 500 g/mol. The van der Waals surface area contributed by atoms with E-state index in [0.717, 1.165) is 22.4 Å². The van der Waals surface area contributed by atoms with Crippen LogP contribution in [-0.4, -0.2) is 23.0 Å². The molecule has 3 aromatic carbocycles. The van der Waals surface area contributed by atoms with Crippen molar-refractivity contribution in [1.29, 1.82) is 0 Å². The molecule has 1 aliphatic heterocycles. The van der Waals surface area contributed by atoms with Crippen molar-refractivity contribution in [2.75, 3.05) is 0 Å². The number of hydrogen-bond acceptors (Lipinski definition) is 3. The lowest BCUT2D eigenvalue weighted by atomic mass is 9.75. The molecule has 5 rings (SSSR count). The zero-order chi connectivity index (χ0) is 25.1. The van der Waals surface area contributed by atoms with E-state index in [1.54, 1.807) is 11.8 Å². The number of nitrogens with zero attached hydrogens (tertiary/aromatic N) is 1. The Labute approximate surface area is 220 Å². The number of carbonyl (C=O) groups excluding carboxylic acids is 1. The van der Waals surface area contributed by atoms with Crippen molar-refractivity contribution in [2.24, 2.45) is 17.8 Å². The summed E-state index contributed by atoms with van der Waals surface area (Å²) in [6.07, 6.45) is 3.16. The molecule has 3 nitrogen and oxygen atoms in total. The molecule has 1 amide bonds. The monoisotopic (exact) mass is 499 g/mol. The Morgan fingerprint density at radius 2 is 1.47 bits per heavy atom. The fraction of sp³-hybridized carbons (Fsp3) is 0.406. The first-order valence-electron chi connectivity index (χ1n) is 13.3. The summed E-state index contributed by atoms with van der Waals surface area (Å²) >= 11 is 1.73. The van der Waals surface area contributed by atoms with Crippen LogP contribution < -0.4 is 0 Å². The second-order valence-corrected chi connectivity index (χ2v) is 11.9. The number of benzene rings is 3. The molecule has 188 valence electrons. The van der Waals surface area contributed by atoms with Gasteiger partial charge in [0, 0.05) is 4.90 Å². The van der Waals surface area contributed by atoms with Crippen molar-refractivity contribution in [3.63, 3.8) is 0 Å². The third kappa shape index (κ3) is 5.26. The summed E-state index contributed by atoms with van der Waals surface area (Å²) in [6, 6.07) is 31.1. The van der Waals surface area contributed by atoms with Crippen LogP contribution in [0.15, 0.2) is 95.9 Å². The van der Waals surface area contributed by atoms with E-state index in [2.05, 4.69) is 98.5 Å². The Morgan fingerprint density at radius 1 is 0.861 bits per heavy atom. The molecule has 3 unspecified atom stereocenters. The normalized spacial score (nSPS) is 27.1. The molecular formula is C32H37NO2S. The predicted molar refractivity (Wildman–Crippen MR) is 148 cm³/mol. The van der Waals surface area contributed by atoms with Gasteiger partial charge in [0.25, 0.3) is 5.91 Å². The number of amides is 1. The summed E-state index contributed by atoms with van der Waals surface area (Å²) in [5.74, 6) is 1.79. The van der Waals surface area contributed by atoms with Crippen LogP contribution in [-0.2, 0) is 9.53 Å². The lowest BCUT2D eigenvalue weighted by Gasteiger charge is -2.52. The van der Waals surface area contributed by atoms with Gasteiger partial charge in [0.15, 0.2) is 6.10 Å². The first kappa shape index (κ1) is 25.1. The molecule has 0 N–H and O–H groups in total. The highest BCUT2D eigenvalue weighted by molar-refractivity contribution is 7.99. The van der Waals surface area contributed by atoms with Crippen LogP contribution in [0.4, 0.5) is 0 Å². The molecule has 3 aromatic rings. The largest absolute Gasteiger partial charge is 0.362 e. The first-order valence-corrected chi connectivity index (χ1v) is 14.2. The van der Waals surface area contributed by atoms with E-state index in [1.165, 1.54) is 12.8 Å². The predicted octanol–water partition coefficient (Wildman–Crippen LogP) is 7.91. The van der Waals surface area contributed by atoms with Crippen LogP contribution in [0.2, 0.25) is 0 Å². The molecule has 1 saturated carbocycles. The van der Waals surface area contributed by atoms with Crippen LogP contribution in [0.5, 0.6) is 0 Å². The second-order valence-electron chi connectivity index (χ2n) is 10.7. The van der Waals surface area contributed by atoms with E-state index in [0.29, 0.717) is 17.8 Å². The van der Waals surface area contributed by atoms with E-state index in [4.69, 9.17) is 4.74 Å². The number of thioether (sulfide) groups is 1. The highest BCUT2D eigenvalue weighted by atomic mass is 32.2. The maximum atomic E-state index is 14.0. The van der Waals surface area contributed by atoms with E-state index >= 15 is 0 Å². The van der Waals surface area contributed by atoms with Crippen LogP contribution >= 0.6 is 11.8 Å². The molecule has 6 atom stereocenters. The van der Waals surface area contributed by atoms with E-state index < -0.39 is 6.10 Å². The van der Waals surface area contributed by atoms with Gasteiger partial charge in [0.05, 0.1) is 12.1 Å². The Kier molecular flexibility index (Phi) is 7.83. The van der Waals surface area contributed by atoms with Crippen molar-refractivity contribution < 1.29 is 9.53 Å². The highest BCUT2D eigenvalue weighted by Gasteiger charge is 2.54. The Hall–Kier alpha value is -2.56. The van der Waals surface area contributed by atoms with Crippen LogP contribution in [0.3, 0.4) is 0 Å². The minimum Gasteiger partial charge on any atom is -0.362 e. The number of ether oxygens (including phenoxy) is 1. The molecule has 0 bridgehead atoms. The lowest BCUT2D eigenvalue weighted by Crippen LogP contribution is -2.61. The minimum absolute atomic E-state index is 0.0990. The Bertz CT molecular complexity index is 1120. The lowest BCUT2D eigenvalue weighted by molar-refractivity contribution is -0.193. The third-order valence-corrected chi connectivity index (χ3v) is 9.10. The molecule has 1 aliphatic carbocycles. The molecule has 2 aliphatic rings. The fourth-order valence-corrected chi connectivity index (χ4v) is 7.07. The van der Waals surface area contributed by atoms with Crippen molar-refractivity contribution in [2.45, 2.75) is 68.6 Å². The van der Waals surface area contributed by atoms with Gasteiger partial charge in [-0.05, 0) is 53.9 Å². The van der Waals surface area contributed by atoms with Crippen molar-refractivity contribution in [3.8, 4) is 0 Å². The molecule has 1 heterocycles. The van der Waals surface area contributed by atoms with Gasteiger partial charge < -0.3 is 9.64 Å². The van der Waals surface area contributed by atoms with E-state index in [-0.39, 0.29) is 23.4 Å². The van der Waals surface area contributed by atoms with Crippen LogP contribution in [0.25, 0.3) is 0 Å². The summed E-state index contributed by atoms with van der Waals surface area (Å²) in [5, 5.41) is -0.127. The quantitative estimate of drug-likeness (QED) is 0.233. The molecule has 4 heteroatoms. The summed E-state index contributed by atoms with van der Waals surface area (Å²) in [4.78, 5) is 17.2. The third-order valence-electron chi connectivity index (χ3n) is 7.84. The van der Waals surface area contributed by atoms with Crippen molar-refractivity contribution in [1.82, 2.24) is 4.90 Å². The second kappa shape index (κ2) is 11.2. The summed E-state index contributed by atoms with van der Waals surface area (Å²) in [7, 11) is 0. The molecule has 0 radical (unpaired) electrons. The van der Waals surface area contributed by atoms with Gasteiger partial charge >= 0.3 is 0 Å². The average Bonchev–Trinajstić information content (AvgIpc) is 2.90. The van der Waals surface area contributed by atoms with E-state index in [9.17, 15) is 4.79 Å². The SMILES string of the molecule is CC1CCC(C(C)C)C(O[C@@H]2C(=O)N([C@H](Sc3ccccc3)c3ccccc3)[C@@H]2c2ccccc2)C1. The first-order chi connectivity index (χ1) is 17.5. The van der Waals surface area contributed by atoms with Gasteiger partial charge in [0.1, 0.15) is 5.37 Å². The van der Waals surface area contributed by atoms with Crippen molar-refractivity contribution >= 4 is 17.7 Å². The molecule has 1 saturated heterocycles. The number of rotatable bonds is 8. The Morgan fingerprint density at radius 3 is 2.11 bits per heavy atom. The highest BCUT2D eigenvalue weighted by Crippen LogP contribution is 2.50. The van der Waals surface area contributed by atoms with Gasteiger partial charge in [-0.15, -0.1) is 0 Å². The minimum atomic E-state index is -0.438. The van der Waals surface area contributed by atoms with Gasteiger partial charge in [-0.3, -0.25) is 4.79 Å². The van der Waals surface area contributed by atoms with Crippen LogP contribution in [0.1, 0.15) is 62.6 Å². The smallest absolute Gasteiger partial charge is 0.256 e. The standard InChI is InChI=1S/C32H37NO2S/c1-22(2)27-20-19-23(3)21-28(27)35-30-29(24-13-7-4-8-14-24)33(31(30)34)32(25-15-9-5-10-16-25)36-26-17-11-6-12-18-26/h4-18,22-23,27-30,32H,19-21H2,1-3H3/t23?,27?,28?,29-,30+,32-/m1/s1. The zero-order valence-electron chi connectivity index (χ0n) is 21.5. The Balaban J connectivity index is 1.48. The van der Waals surface area contributed by atoms with Gasteiger partial charge in [-0.1, -0.05) is 118 Å². The van der Waals surface area contributed by atoms with Crippen LogP contribution in [0, 0.1) is 17.8 Å². The maximum absolute atomic E-state index is 14.0. The summed E-state index contributed by atoms with van der Waals surface area (Å²) < 4.78 is 6.82. The van der Waals surface area contributed by atoms with Gasteiger partial charge in [-0.2, -0.15) is 0 Å². The fourth-order valence-electron chi connectivity index (χ4n) is 5.85. The molecule has 36 heavy (non-hydrogen) atoms. The number of likely N-dealkylation sites (tertiary alicyclic amines) is 1. The molecule has 2 fully saturated rings. The van der Waals surface area contributed by atoms with Gasteiger partial charge in [-0.25, -0.2) is 0 Å². The zero-order valence-corrected chi connectivity index (χ0v) is 22.3. The number of hydrogen-bond donors (Lipinski definition) is 0. The summed E-state index contributed by atoms with van der Waals surface area (Å²) in [5.41, 5.74) is 2.27. The molecule has 0 aromatic heterocycles. The number of carbonyl (C=O) groups is 1. The van der Waals surface area contributed by atoms with E-state index in [1.807, 2.05) is 18.2 Å². The van der Waals surface area contributed by atoms with Gasteiger partial charge in [0.2, 0.25) is 0 Å². The topological polar surface area (TPSA) is 29.5 Å². The van der Waals surface area contributed by atoms with Crippen molar-refractivity contribution in [3.05, 3.63) is 102 Å².